The molecule has 1 heterocycles. The number of guanidine groups is 1. The number of nitrogens with zero attached hydrogens (tertiary/aromatic N) is 1. The van der Waals surface area contributed by atoms with E-state index >= 15 is 0 Å². The number of terminal acetylenes is 1. The number of hydrogen-bond acceptors (Lipinski definition) is 2. The predicted molar refractivity (Wildman–Crippen MR) is 92.9 cm³/mol. The number of aliphatic imine (C=N–C) groups is 1. The zero-order valence-corrected chi connectivity index (χ0v) is 14.4. The largest absolute Gasteiger partial charge is 0.357 e. The van der Waals surface area contributed by atoms with Crippen molar-refractivity contribution in [2.24, 2.45) is 4.99 Å². The van der Waals surface area contributed by atoms with Gasteiger partial charge in [-0.25, -0.2) is 0 Å². The van der Waals surface area contributed by atoms with E-state index in [-0.39, 0.29) is 24.0 Å². The summed E-state index contributed by atoms with van der Waals surface area (Å²) < 4.78 is 0.328. The standard InChI is InChI=1S/C13H23N3S.HI/c1-4-6-9-15-12(14-5-2)16-11-13(3)8-7-10-17-13;/h1H,5-11H2,2-3H3,(H2,14,15,16);1H. The van der Waals surface area contributed by atoms with Crippen LogP contribution in [0.4, 0.5) is 0 Å². The molecule has 1 fully saturated rings. The van der Waals surface area contributed by atoms with Gasteiger partial charge in [0.2, 0.25) is 0 Å². The van der Waals surface area contributed by atoms with Gasteiger partial charge in [-0.2, -0.15) is 11.8 Å². The SMILES string of the molecule is C#CCCNC(=NCC1(C)CCCS1)NCC.I. The van der Waals surface area contributed by atoms with Crippen molar-refractivity contribution in [2.75, 3.05) is 25.4 Å². The molecule has 0 aliphatic carbocycles. The van der Waals surface area contributed by atoms with Crippen LogP contribution < -0.4 is 10.6 Å². The number of hydrogen-bond donors (Lipinski definition) is 2. The van der Waals surface area contributed by atoms with Gasteiger partial charge in [0, 0.05) is 24.3 Å². The van der Waals surface area contributed by atoms with E-state index in [1.165, 1.54) is 18.6 Å². The molecule has 0 aromatic carbocycles. The van der Waals surface area contributed by atoms with Gasteiger partial charge >= 0.3 is 0 Å². The van der Waals surface area contributed by atoms with Gasteiger partial charge in [0.15, 0.2) is 5.96 Å². The van der Waals surface area contributed by atoms with Crippen LogP contribution in [0.2, 0.25) is 0 Å². The molecule has 1 unspecified atom stereocenters. The second-order valence-electron chi connectivity index (χ2n) is 4.48. The lowest BCUT2D eigenvalue weighted by Crippen LogP contribution is -2.38. The number of thioether (sulfide) groups is 1. The van der Waals surface area contributed by atoms with E-state index < -0.39 is 0 Å². The van der Waals surface area contributed by atoms with Crippen LogP contribution in [-0.2, 0) is 0 Å². The minimum atomic E-state index is 0. The minimum absolute atomic E-state index is 0. The molecule has 104 valence electrons. The average molecular weight is 381 g/mol. The number of nitrogens with one attached hydrogen (secondary N) is 2. The maximum Gasteiger partial charge on any atom is 0.191 e. The van der Waals surface area contributed by atoms with Gasteiger partial charge in [-0.3, -0.25) is 4.99 Å². The fraction of sp³-hybridized carbons (Fsp3) is 0.769. The van der Waals surface area contributed by atoms with Gasteiger partial charge in [-0.1, -0.05) is 0 Å². The van der Waals surface area contributed by atoms with Gasteiger partial charge in [0.05, 0.1) is 6.54 Å². The van der Waals surface area contributed by atoms with Crippen LogP contribution in [0.15, 0.2) is 4.99 Å². The minimum Gasteiger partial charge on any atom is -0.357 e. The molecule has 1 atom stereocenters. The second-order valence-corrected chi connectivity index (χ2v) is 6.16. The normalized spacial score (nSPS) is 23.1. The van der Waals surface area contributed by atoms with Gasteiger partial charge in [-0.15, -0.1) is 36.3 Å². The summed E-state index contributed by atoms with van der Waals surface area (Å²) in [6.45, 7) is 6.92. The summed E-state index contributed by atoms with van der Waals surface area (Å²) in [5, 5.41) is 6.49. The molecule has 1 rings (SSSR count). The summed E-state index contributed by atoms with van der Waals surface area (Å²) >= 11 is 2.04. The first-order valence-corrected chi connectivity index (χ1v) is 7.28. The molecule has 1 aliphatic heterocycles. The van der Waals surface area contributed by atoms with Crippen molar-refractivity contribution in [3.63, 3.8) is 0 Å². The lowest BCUT2D eigenvalue weighted by molar-refractivity contribution is 0.614. The Labute approximate surface area is 132 Å². The topological polar surface area (TPSA) is 36.4 Å². The molecule has 0 spiro atoms. The highest BCUT2D eigenvalue weighted by Gasteiger charge is 2.29. The second kappa shape index (κ2) is 9.79. The summed E-state index contributed by atoms with van der Waals surface area (Å²) in [6, 6.07) is 0. The van der Waals surface area contributed by atoms with Crippen LogP contribution in [0.3, 0.4) is 0 Å². The van der Waals surface area contributed by atoms with Crippen molar-refractivity contribution >= 4 is 41.7 Å². The zero-order valence-electron chi connectivity index (χ0n) is 11.3. The monoisotopic (exact) mass is 381 g/mol. The third kappa shape index (κ3) is 6.74. The van der Waals surface area contributed by atoms with Crippen LogP contribution in [0, 0.1) is 12.3 Å². The highest BCUT2D eigenvalue weighted by molar-refractivity contribution is 14.0. The molecule has 0 bridgehead atoms. The van der Waals surface area contributed by atoms with E-state index in [1.807, 2.05) is 11.8 Å². The highest BCUT2D eigenvalue weighted by atomic mass is 127. The van der Waals surface area contributed by atoms with E-state index in [0.29, 0.717) is 4.75 Å². The molecule has 1 aliphatic rings. The first-order chi connectivity index (χ1) is 8.20. The predicted octanol–water partition coefficient (Wildman–Crippen LogP) is 2.47. The molecular formula is C13H24IN3S. The Morgan fingerprint density at radius 1 is 1.50 bits per heavy atom. The van der Waals surface area contributed by atoms with Gasteiger partial charge < -0.3 is 10.6 Å². The lowest BCUT2D eigenvalue weighted by Gasteiger charge is -2.20. The molecule has 3 nitrogen and oxygen atoms in total. The van der Waals surface area contributed by atoms with Crippen LogP contribution >= 0.6 is 35.7 Å². The van der Waals surface area contributed by atoms with E-state index in [2.05, 4.69) is 35.4 Å². The summed E-state index contributed by atoms with van der Waals surface area (Å²) in [5.74, 6) is 4.78. The maximum atomic E-state index is 5.23. The molecule has 1 saturated heterocycles. The van der Waals surface area contributed by atoms with Crippen LogP contribution in [0.5, 0.6) is 0 Å². The smallest absolute Gasteiger partial charge is 0.191 e. The van der Waals surface area contributed by atoms with Crippen LogP contribution in [0.25, 0.3) is 0 Å². The zero-order chi connectivity index (χ0) is 12.6. The molecule has 0 radical (unpaired) electrons. The van der Waals surface area contributed by atoms with Gasteiger partial charge in [0.1, 0.15) is 0 Å². The van der Waals surface area contributed by atoms with Crippen molar-refractivity contribution in [3.05, 3.63) is 0 Å². The van der Waals surface area contributed by atoms with Crippen molar-refractivity contribution in [3.8, 4) is 12.3 Å². The fourth-order valence-corrected chi connectivity index (χ4v) is 3.03. The first kappa shape index (κ1) is 17.9. The van der Waals surface area contributed by atoms with Gasteiger partial charge in [-0.05, 0) is 32.4 Å². The molecule has 2 N–H and O–H groups in total. The van der Waals surface area contributed by atoms with Crippen molar-refractivity contribution in [1.29, 1.82) is 0 Å². The van der Waals surface area contributed by atoms with Crippen molar-refractivity contribution in [1.82, 2.24) is 10.6 Å². The molecular weight excluding hydrogens is 357 g/mol. The van der Waals surface area contributed by atoms with E-state index in [0.717, 1.165) is 32.0 Å². The lowest BCUT2D eigenvalue weighted by atomic mass is 10.1. The third-order valence-corrected chi connectivity index (χ3v) is 4.30. The Morgan fingerprint density at radius 3 is 2.83 bits per heavy atom. The van der Waals surface area contributed by atoms with Crippen LogP contribution in [0.1, 0.15) is 33.1 Å². The highest BCUT2D eigenvalue weighted by Crippen LogP contribution is 2.37. The Hall–Kier alpha value is -0.0900. The summed E-state index contributed by atoms with van der Waals surface area (Å²) in [5.41, 5.74) is 0. The fourth-order valence-electron chi connectivity index (χ4n) is 1.80. The first-order valence-electron chi connectivity index (χ1n) is 6.30. The summed E-state index contributed by atoms with van der Waals surface area (Å²) in [7, 11) is 0. The van der Waals surface area contributed by atoms with Gasteiger partial charge in [0.25, 0.3) is 0 Å². The Balaban J connectivity index is 0.00000289. The van der Waals surface area contributed by atoms with E-state index in [9.17, 15) is 0 Å². The van der Waals surface area contributed by atoms with Crippen LogP contribution in [-0.4, -0.2) is 36.1 Å². The average Bonchev–Trinajstić information content (AvgIpc) is 2.74. The maximum absolute atomic E-state index is 5.23. The number of halogens is 1. The molecule has 0 amide bonds. The summed E-state index contributed by atoms with van der Waals surface area (Å²) in [6.07, 6.45) is 8.55. The molecule has 5 heteroatoms. The third-order valence-electron chi connectivity index (χ3n) is 2.78. The van der Waals surface area contributed by atoms with Crippen molar-refractivity contribution in [2.45, 2.75) is 37.9 Å². The number of rotatable bonds is 5. The van der Waals surface area contributed by atoms with E-state index in [4.69, 9.17) is 6.42 Å². The molecule has 18 heavy (non-hydrogen) atoms. The molecule has 0 saturated carbocycles. The molecule has 0 aromatic rings. The molecule has 0 aromatic heterocycles. The van der Waals surface area contributed by atoms with Crippen molar-refractivity contribution < 1.29 is 0 Å². The Bertz CT molecular complexity index is 293. The quantitative estimate of drug-likeness (QED) is 0.253. The summed E-state index contributed by atoms with van der Waals surface area (Å²) in [4.78, 5) is 4.64. The Kier molecular flexibility index (Phi) is 9.74. The van der Waals surface area contributed by atoms with E-state index in [1.54, 1.807) is 0 Å². The Morgan fingerprint density at radius 2 is 2.28 bits per heavy atom.